The van der Waals surface area contributed by atoms with Crippen LogP contribution in [0.4, 0.5) is 0 Å². The summed E-state index contributed by atoms with van der Waals surface area (Å²) >= 11 is 0. The van der Waals surface area contributed by atoms with Gasteiger partial charge in [0, 0.05) is 19.1 Å². The molecule has 0 aromatic carbocycles. The molecule has 3 heteroatoms. The molecule has 0 aromatic heterocycles. The number of hydrogen-bond acceptors (Lipinski definition) is 2. The fraction of sp³-hybridized carbons (Fsp3) is 0.941. The lowest BCUT2D eigenvalue weighted by molar-refractivity contribution is -0.138. The first-order valence-corrected chi connectivity index (χ1v) is 8.60. The van der Waals surface area contributed by atoms with Crippen LogP contribution in [0.15, 0.2) is 0 Å². The molecule has 2 saturated heterocycles. The number of carbonyl (C=O) groups excluding carboxylic acids is 1. The average molecular weight is 278 g/mol. The second-order valence-corrected chi connectivity index (χ2v) is 7.98. The number of hydrogen-bond donors (Lipinski definition) is 1. The summed E-state index contributed by atoms with van der Waals surface area (Å²) in [6.07, 6.45) is 10.1. The van der Waals surface area contributed by atoms with Crippen LogP contribution in [0.5, 0.6) is 0 Å². The smallest absolute Gasteiger partial charge is 0.239 e. The van der Waals surface area contributed by atoms with E-state index in [9.17, 15) is 4.79 Å². The van der Waals surface area contributed by atoms with E-state index < -0.39 is 0 Å². The molecule has 114 valence electrons. The number of rotatable bonds is 1. The van der Waals surface area contributed by atoms with Crippen LogP contribution >= 0.6 is 0 Å². The third-order valence-electron chi connectivity index (χ3n) is 5.66. The Labute approximate surface area is 123 Å². The first-order valence-electron chi connectivity index (χ1n) is 8.60. The van der Waals surface area contributed by atoms with E-state index in [2.05, 4.69) is 24.1 Å². The van der Waals surface area contributed by atoms with Crippen LogP contribution in [0.1, 0.15) is 65.2 Å². The summed E-state index contributed by atoms with van der Waals surface area (Å²) in [5.41, 5.74) is 0.302. The van der Waals surface area contributed by atoms with Gasteiger partial charge in [-0.05, 0) is 49.9 Å². The Morgan fingerprint density at radius 2 is 1.90 bits per heavy atom. The zero-order chi connectivity index (χ0) is 14.2. The van der Waals surface area contributed by atoms with Crippen molar-refractivity contribution < 1.29 is 4.79 Å². The van der Waals surface area contributed by atoms with Crippen molar-refractivity contribution in [2.75, 3.05) is 13.1 Å². The molecule has 0 aromatic rings. The molecule has 3 aliphatic rings. The van der Waals surface area contributed by atoms with Crippen LogP contribution < -0.4 is 5.32 Å². The van der Waals surface area contributed by atoms with Gasteiger partial charge in [0.2, 0.25) is 5.91 Å². The van der Waals surface area contributed by atoms with Crippen molar-refractivity contribution in [3.8, 4) is 0 Å². The molecule has 0 spiro atoms. The standard InChI is InChI=1S/C17H30N2O/c1-17(2)10-5-11-19(12-17)16(20)15-9-8-13-6-3-4-7-14(13)18-15/h13-15,18H,3-12H2,1-2H3. The van der Waals surface area contributed by atoms with Crippen molar-refractivity contribution in [3.05, 3.63) is 0 Å². The Kier molecular flexibility index (Phi) is 4.07. The fourth-order valence-electron chi connectivity index (χ4n) is 4.52. The molecule has 3 fully saturated rings. The van der Waals surface area contributed by atoms with E-state index in [4.69, 9.17) is 0 Å². The monoisotopic (exact) mass is 278 g/mol. The van der Waals surface area contributed by atoms with E-state index in [1.807, 2.05) is 0 Å². The van der Waals surface area contributed by atoms with Crippen LogP contribution in [0.2, 0.25) is 0 Å². The average Bonchev–Trinajstić information content (AvgIpc) is 2.45. The summed E-state index contributed by atoms with van der Waals surface area (Å²) in [5.74, 6) is 1.22. The zero-order valence-corrected chi connectivity index (χ0v) is 13.2. The third kappa shape index (κ3) is 3.03. The van der Waals surface area contributed by atoms with E-state index in [-0.39, 0.29) is 6.04 Å². The Balaban J connectivity index is 1.60. The highest BCUT2D eigenvalue weighted by Gasteiger charge is 2.38. The van der Waals surface area contributed by atoms with Crippen molar-refractivity contribution in [1.29, 1.82) is 0 Å². The van der Waals surface area contributed by atoms with E-state index in [0.29, 0.717) is 17.4 Å². The first kappa shape index (κ1) is 14.4. The second kappa shape index (κ2) is 5.67. The van der Waals surface area contributed by atoms with E-state index >= 15 is 0 Å². The van der Waals surface area contributed by atoms with Crippen LogP contribution in [-0.4, -0.2) is 36.0 Å². The van der Waals surface area contributed by atoms with Gasteiger partial charge in [-0.15, -0.1) is 0 Å². The molecular formula is C17H30N2O. The minimum absolute atomic E-state index is 0.100. The van der Waals surface area contributed by atoms with E-state index in [1.165, 1.54) is 38.5 Å². The molecule has 1 N–H and O–H groups in total. The summed E-state index contributed by atoms with van der Waals surface area (Å²) in [4.78, 5) is 14.9. The predicted octanol–water partition coefficient (Wildman–Crippen LogP) is 2.95. The minimum atomic E-state index is 0.100. The van der Waals surface area contributed by atoms with Crippen LogP contribution in [-0.2, 0) is 4.79 Å². The molecule has 1 aliphatic carbocycles. The van der Waals surface area contributed by atoms with Crippen LogP contribution in [0.25, 0.3) is 0 Å². The van der Waals surface area contributed by atoms with Gasteiger partial charge in [-0.25, -0.2) is 0 Å². The topological polar surface area (TPSA) is 32.3 Å². The lowest BCUT2D eigenvalue weighted by Gasteiger charge is -2.44. The molecule has 3 nitrogen and oxygen atoms in total. The van der Waals surface area contributed by atoms with Gasteiger partial charge in [-0.3, -0.25) is 4.79 Å². The van der Waals surface area contributed by atoms with Gasteiger partial charge in [0.15, 0.2) is 0 Å². The van der Waals surface area contributed by atoms with Gasteiger partial charge in [0.05, 0.1) is 6.04 Å². The highest BCUT2D eigenvalue weighted by molar-refractivity contribution is 5.82. The maximum absolute atomic E-state index is 12.8. The minimum Gasteiger partial charge on any atom is -0.341 e. The SMILES string of the molecule is CC1(C)CCCN(C(=O)C2CCC3CCCCC3N2)C1. The highest BCUT2D eigenvalue weighted by Crippen LogP contribution is 2.34. The molecule has 2 aliphatic heterocycles. The van der Waals surface area contributed by atoms with Crippen LogP contribution in [0.3, 0.4) is 0 Å². The first-order chi connectivity index (χ1) is 9.55. The van der Waals surface area contributed by atoms with Crippen molar-refractivity contribution in [2.24, 2.45) is 11.3 Å². The van der Waals surface area contributed by atoms with Crippen molar-refractivity contribution in [3.63, 3.8) is 0 Å². The van der Waals surface area contributed by atoms with Crippen molar-refractivity contribution in [2.45, 2.75) is 77.3 Å². The number of fused-ring (bicyclic) bond motifs is 1. The Bertz CT molecular complexity index is 366. The lowest BCUT2D eigenvalue weighted by Crippen LogP contribution is -2.57. The highest BCUT2D eigenvalue weighted by atomic mass is 16.2. The molecule has 2 heterocycles. The molecule has 20 heavy (non-hydrogen) atoms. The van der Waals surface area contributed by atoms with Gasteiger partial charge in [-0.2, -0.15) is 0 Å². The number of amides is 1. The molecule has 1 amide bonds. The van der Waals surface area contributed by atoms with E-state index in [0.717, 1.165) is 31.8 Å². The van der Waals surface area contributed by atoms with Crippen LogP contribution in [0, 0.1) is 11.3 Å². The van der Waals surface area contributed by atoms with Gasteiger partial charge in [0.25, 0.3) is 0 Å². The molecule has 1 saturated carbocycles. The quantitative estimate of drug-likeness (QED) is 0.800. The molecule has 0 radical (unpaired) electrons. The second-order valence-electron chi connectivity index (χ2n) is 7.98. The maximum atomic E-state index is 12.8. The predicted molar refractivity (Wildman–Crippen MR) is 81.5 cm³/mol. The number of piperidine rings is 2. The molecule has 3 atom stereocenters. The summed E-state index contributed by atoms with van der Waals surface area (Å²) in [5, 5.41) is 3.69. The van der Waals surface area contributed by atoms with Gasteiger partial charge >= 0.3 is 0 Å². The summed E-state index contributed by atoms with van der Waals surface area (Å²) in [6, 6.07) is 0.715. The molecule has 3 rings (SSSR count). The number of nitrogens with zero attached hydrogens (tertiary/aromatic N) is 1. The van der Waals surface area contributed by atoms with Gasteiger partial charge in [-0.1, -0.05) is 26.7 Å². The lowest BCUT2D eigenvalue weighted by atomic mass is 9.77. The number of carbonyl (C=O) groups is 1. The van der Waals surface area contributed by atoms with Gasteiger partial charge < -0.3 is 10.2 Å². The van der Waals surface area contributed by atoms with Crippen molar-refractivity contribution in [1.82, 2.24) is 10.2 Å². The summed E-state index contributed by atoms with van der Waals surface area (Å²) in [7, 11) is 0. The Morgan fingerprint density at radius 3 is 2.70 bits per heavy atom. The Morgan fingerprint density at radius 1 is 1.10 bits per heavy atom. The van der Waals surface area contributed by atoms with Crippen molar-refractivity contribution >= 4 is 5.91 Å². The molecule has 0 bridgehead atoms. The van der Waals surface area contributed by atoms with E-state index in [1.54, 1.807) is 0 Å². The largest absolute Gasteiger partial charge is 0.341 e. The number of likely N-dealkylation sites (tertiary alicyclic amines) is 1. The summed E-state index contributed by atoms with van der Waals surface area (Å²) < 4.78 is 0. The maximum Gasteiger partial charge on any atom is 0.239 e. The zero-order valence-electron chi connectivity index (χ0n) is 13.2. The molecule has 3 unspecified atom stereocenters. The number of nitrogens with one attached hydrogen (secondary N) is 1. The molecular weight excluding hydrogens is 248 g/mol. The normalized spacial score (nSPS) is 37.3. The third-order valence-corrected chi connectivity index (χ3v) is 5.66. The van der Waals surface area contributed by atoms with Gasteiger partial charge in [0.1, 0.15) is 0 Å². The fourth-order valence-corrected chi connectivity index (χ4v) is 4.52. The Hall–Kier alpha value is -0.570. The summed E-state index contributed by atoms with van der Waals surface area (Å²) in [6.45, 7) is 6.49.